The Morgan fingerprint density at radius 1 is 1.10 bits per heavy atom. The fourth-order valence-electron chi connectivity index (χ4n) is 3.12. The minimum atomic E-state index is 0.333. The van der Waals surface area contributed by atoms with Crippen LogP contribution in [0.15, 0.2) is 48.1 Å². The molecule has 0 saturated carbocycles. The summed E-state index contributed by atoms with van der Waals surface area (Å²) in [4.78, 5) is 0. The van der Waals surface area contributed by atoms with E-state index in [0.717, 1.165) is 6.42 Å². The molecular formula is C20H28. The first-order valence-corrected chi connectivity index (χ1v) is 8.04. The van der Waals surface area contributed by atoms with E-state index in [-0.39, 0.29) is 0 Å². The molecule has 0 aliphatic heterocycles. The van der Waals surface area contributed by atoms with Crippen LogP contribution in [-0.4, -0.2) is 0 Å². The van der Waals surface area contributed by atoms with Crippen molar-refractivity contribution in [2.45, 2.75) is 59.3 Å². The molecule has 1 unspecified atom stereocenters. The van der Waals surface area contributed by atoms with Crippen molar-refractivity contribution in [3.63, 3.8) is 0 Å². The Morgan fingerprint density at radius 2 is 1.80 bits per heavy atom. The third-order valence-electron chi connectivity index (χ3n) is 4.72. The first-order valence-electron chi connectivity index (χ1n) is 8.04. The van der Waals surface area contributed by atoms with Crippen molar-refractivity contribution in [2.75, 3.05) is 0 Å². The lowest BCUT2D eigenvalue weighted by molar-refractivity contribution is 0.353. The van der Waals surface area contributed by atoms with E-state index in [1.54, 1.807) is 5.57 Å². The minimum absolute atomic E-state index is 0.333. The van der Waals surface area contributed by atoms with Gasteiger partial charge >= 0.3 is 0 Å². The van der Waals surface area contributed by atoms with Gasteiger partial charge in [-0.15, -0.1) is 0 Å². The van der Waals surface area contributed by atoms with Crippen molar-refractivity contribution < 1.29 is 0 Å². The molecule has 2 rings (SSSR count). The molecule has 0 spiro atoms. The SMILES string of the molecule is CCC1=CC=CC(CC)(Cc2ccc(C(C)C)cc2)C1. The van der Waals surface area contributed by atoms with Crippen molar-refractivity contribution in [1.29, 1.82) is 0 Å². The fraction of sp³-hybridized carbons (Fsp3) is 0.500. The average molecular weight is 268 g/mol. The van der Waals surface area contributed by atoms with Crippen LogP contribution in [0.1, 0.15) is 64.0 Å². The van der Waals surface area contributed by atoms with E-state index < -0.39 is 0 Å². The van der Waals surface area contributed by atoms with Crippen LogP contribution < -0.4 is 0 Å². The van der Waals surface area contributed by atoms with E-state index in [9.17, 15) is 0 Å². The first kappa shape index (κ1) is 15.1. The van der Waals surface area contributed by atoms with Crippen molar-refractivity contribution in [3.05, 3.63) is 59.2 Å². The Kier molecular flexibility index (Phi) is 4.86. The number of benzene rings is 1. The first-order chi connectivity index (χ1) is 9.58. The molecule has 20 heavy (non-hydrogen) atoms. The van der Waals surface area contributed by atoms with Crippen LogP contribution in [-0.2, 0) is 6.42 Å². The molecule has 0 aromatic heterocycles. The Bertz CT molecular complexity index is 487. The molecule has 0 fully saturated rings. The Hall–Kier alpha value is -1.30. The van der Waals surface area contributed by atoms with E-state index in [1.165, 1.54) is 30.4 Å². The molecule has 0 N–H and O–H groups in total. The molecule has 1 aromatic rings. The van der Waals surface area contributed by atoms with Gasteiger partial charge in [0.1, 0.15) is 0 Å². The summed E-state index contributed by atoms with van der Waals surface area (Å²) in [6.07, 6.45) is 11.8. The zero-order valence-electron chi connectivity index (χ0n) is 13.4. The third-order valence-corrected chi connectivity index (χ3v) is 4.72. The molecule has 0 saturated heterocycles. The summed E-state index contributed by atoms with van der Waals surface area (Å²) in [6, 6.07) is 9.24. The van der Waals surface area contributed by atoms with Gasteiger partial charge in [0.2, 0.25) is 0 Å². The predicted molar refractivity (Wildman–Crippen MR) is 89.1 cm³/mol. The fourth-order valence-corrected chi connectivity index (χ4v) is 3.12. The van der Waals surface area contributed by atoms with E-state index in [4.69, 9.17) is 0 Å². The maximum absolute atomic E-state index is 2.43. The number of allylic oxidation sites excluding steroid dienone is 4. The van der Waals surface area contributed by atoms with Crippen molar-refractivity contribution >= 4 is 0 Å². The lowest BCUT2D eigenvalue weighted by Crippen LogP contribution is -2.22. The molecule has 108 valence electrons. The molecule has 0 radical (unpaired) electrons. The summed E-state index contributed by atoms with van der Waals surface area (Å²) in [5.41, 5.74) is 4.83. The van der Waals surface area contributed by atoms with Crippen molar-refractivity contribution in [1.82, 2.24) is 0 Å². The molecule has 0 bridgehead atoms. The van der Waals surface area contributed by atoms with Gasteiger partial charge in [0.05, 0.1) is 0 Å². The second kappa shape index (κ2) is 6.43. The second-order valence-corrected chi connectivity index (χ2v) is 6.50. The van der Waals surface area contributed by atoms with Crippen LogP contribution in [0.5, 0.6) is 0 Å². The van der Waals surface area contributed by atoms with Gasteiger partial charge in [0, 0.05) is 0 Å². The van der Waals surface area contributed by atoms with E-state index >= 15 is 0 Å². The zero-order valence-corrected chi connectivity index (χ0v) is 13.4. The Morgan fingerprint density at radius 3 is 2.35 bits per heavy atom. The normalized spacial score (nSPS) is 22.1. The van der Waals surface area contributed by atoms with Gasteiger partial charge in [-0.2, -0.15) is 0 Å². The zero-order chi connectivity index (χ0) is 14.6. The topological polar surface area (TPSA) is 0 Å². The summed E-state index contributed by atoms with van der Waals surface area (Å²) in [5, 5.41) is 0. The average Bonchev–Trinajstić information content (AvgIpc) is 2.48. The van der Waals surface area contributed by atoms with Gasteiger partial charge in [-0.05, 0) is 48.1 Å². The molecule has 0 amide bonds. The van der Waals surface area contributed by atoms with Crippen LogP contribution in [0.25, 0.3) is 0 Å². The summed E-state index contributed by atoms with van der Waals surface area (Å²) in [6.45, 7) is 9.10. The number of rotatable bonds is 5. The molecule has 0 nitrogen and oxygen atoms in total. The molecule has 1 atom stereocenters. The van der Waals surface area contributed by atoms with Gasteiger partial charge < -0.3 is 0 Å². The highest BCUT2D eigenvalue weighted by Gasteiger charge is 2.27. The van der Waals surface area contributed by atoms with Crippen molar-refractivity contribution in [3.8, 4) is 0 Å². The van der Waals surface area contributed by atoms with Crippen LogP contribution in [0.4, 0.5) is 0 Å². The Balaban J connectivity index is 2.14. The lowest BCUT2D eigenvalue weighted by atomic mass is 9.71. The van der Waals surface area contributed by atoms with Gasteiger partial charge in [-0.1, -0.05) is 75.8 Å². The molecule has 1 aliphatic rings. The second-order valence-electron chi connectivity index (χ2n) is 6.50. The van der Waals surface area contributed by atoms with E-state index in [0.29, 0.717) is 11.3 Å². The summed E-state index contributed by atoms with van der Waals surface area (Å²) in [5.74, 6) is 0.619. The van der Waals surface area contributed by atoms with Crippen LogP contribution >= 0.6 is 0 Å². The third kappa shape index (κ3) is 3.42. The highest BCUT2D eigenvalue weighted by molar-refractivity contribution is 5.30. The van der Waals surface area contributed by atoms with Gasteiger partial charge in [0.15, 0.2) is 0 Å². The minimum Gasteiger partial charge on any atom is -0.0777 e. The van der Waals surface area contributed by atoms with E-state index in [2.05, 4.69) is 70.2 Å². The van der Waals surface area contributed by atoms with Gasteiger partial charge in [-0.25, -0.2) is 0 Å². The lowest BCUT2D eigenvalue weighted by Gasteiger charge is -2.33. The molecular weight excluding hydrogens is 240 g/mol. The predicted octanol–water partition coefficient (Wildman–Crippen LogP) is 6.05. The standard InChI is InChI=1S/C20H28/c1-5-17-8-7-13-20(6-2,14-17)15-18-9-11-19(12-10-18)16(3)4/h7-13,16H,5-6,14-15H2,1-4H3. The molecule has 0 heterocycles. The quantitative estimate of drug-likeness (QED) is 0.610. The Labute approximate surface area is 124 Å². The van der Waals surface area contributed by atoms with Crippen LogP contribution in [0.2, 0.25) is 0 Å². The highest BCUT2D eigenvalue weighted by atomic mass is 14.3. The molecule has 0 heteroatoms. The molecule has 1 aromatic carbocycles. The van der Waals surface area contributed by atoms with Crippen LogP contribution in [0.3, 0.4) is 0 Å². The largest absolute Gasteiger partial charge is 0.0777 e. The van der Waals surface area contributed by atoms with E-state index in [1.807, 2.05) is 0 Å². The highest BCUT2D eigenvalue weighted by Crippen LogP contribution is 2.39. The van der Waals surface area contributed by atoms with Crippen molar-refractivity contribution in [2.24, 2.45) is 5.41 Å². The van der Waals surface area contributed by atoms with Crippen LogP contribution in [0, 0.1) is 5.41 Å². The maximum atomic E-state index is 2.43. The number of hydrogen-bond donors (Lipinski definition) is 0. The summed E-state index contributed by atoms with van der Waals surface area (Å²) in [7, 11) is 0. The summed E-state index contributed by atoms with van der Waals surface area (Å²) < 4.78 is 0. The number of hydrogen-bond acceptors (Lipinski definition) is 0. The monoisotopic (exact) mass is 268 g/mol. The van der Waals surface area contributed by atoms with Gasteiger partial charge in [-0.3, -0.25) is 0 Å². The molecule has 1 aliphatic carbocycles. The van der Waals surface area contributed by atoms with Gasteiger partial charge in [0.25, 0.3) is 0 Å². The summed E-state index contributed by atoms with van der Waals surface area (Å²) >= 11 is 0. The smallest absolute Gasteiger partial charge is 0.00402 e. The maximum Gasteiger partial charge on any atom is -0.00402 e.